The number of nitrogens with one attached hydrogen (secondary N) is 1. The number of carbonyl (C=O) groups excluding carboxylic acids is 5. The number of benzene rings is 2. The summed E-state index contributed by atoms with van der Waals surface area (Å²) in [4.78, 5) is 75.8. The van der Waals surface area contributed by atoms with Gasteiger partial charge in [0.25, 0.3) is 23.6 Å². The molecule has 1 unspecified atom stereocenters. The number of anilines is 1. The van der Waals surface area contributed by atoms with Crippen LogP contribution in [0.1, 0.15) is 89.3 Å². The van der Waals surface area contributed by atoms with Crippen LogP contribution < -0.4 is 15.0 Å². The van der Waals surface area contributed by atoms with E-state index in [1.807, 2.05) is 12.1 Å². The number of imide groups is 2. The number of halogens is 1. The Balaban J connectivity index is 0.866. The highest BCUT2D eigenvalue weighted by Gasteiger charge is 2.64. The second-order valence-corrected chi connectivity index (χ2v) is 16.7. The van der Waals surface area contributed by atoms with Crippen molar-refractivity contribution in [1.82, 2.24) is 25.0 Å². The number of piperazine rings is 1. The number of pyridine rings is 1. The second-order valence-electron chi connectivity index (χ2n) is 16.3. The highest BCUT2D eigenvalue weighted by molar-refractivity contribution is 6.31. The predicted molar refractivity (Wildman–Crippen MR) is 208 cm³/mol. The zero-order valence-corrected chi connectivity index (χ0v) is 33.1. The fraction of sp³-hybridized carbons (Fsp3) is 0.452. The number of piperidine rings is 1. The van der Waals surface area contributed by atoms with Crippen molar-refractivity contribution in [3.8, 4) is 11.8 Å². The van der Waals surface area contributed by atoms with Crippen LogP contribution in [0.2, 0.25) is 5.02 Å². The molecule has 2 aromatic carbocycles. The number of rotatable bonds is 10. The molecule has 2 saturated heterocycles. The van der Waals surface area contributed by atoms with Crippen LogP contribution in [0.3, 0.4) is 0 Å². The molecule has 3 fully saturated rings. The van der Waals surface area contributed by atoms with Gasteiger partial charge in [-0.15, -0.1) is 0 Å². The molecule has 1 N–H and O–H groups in total. The second kappa shape index (κ2) is 15.0. The molecule has 4 heterocycles. The van der Waals surface area contributed by atoms with Crippen molar-refractivity contribution < 1.29 is 28.7 Å². The van der Waals surface area contributed by atoms with E-state index in [2.05, 4.69) is 53.9 Å². The number of nitriles is 1. The van der Waals surface area contributed by atoms with Gasteiger partial charge in [0.15, 0.2) is 0 Å². The van der Waals surface area contributed by atoms with Crippen molar-refractivity contribution >= 4 is 46.8 Å². The molecule has 1 aliphatic carbocycles. The SMILES string of the molecule is CN1C(=O)CCC(N2C(=O)c3ccc(N4CCN(CCCc5ccc(C(=O)N[C@H]6C(C)(C)[C@H](Oc7ccc(C#N)c(Cl)c7)C6(C)C)nc5)CC4)cc3C2=O)C1=O. The Labute approximate surface area is 331 Å². The summed E-state index contributed by atoms with van der Waals surface area (Å²) in [6, 6.07) is 15.0. The van der Waals surface area contributed by atoms with Crippen LogP contribution in [0.25, 0.3) is 0 Å². The third kappa shape index (κ3) is 7.01. The van der Waals surface area contributed by atoms with Crippen LogP contribution in [0.15, 0.2) is 54.7 Å². The summed E-state index contributed by atoms with van der Waals surface area (Å²) < 4.78 is 6.34. The molecule has 7 rings (SSSR count). The first-order valence-corrected chi connectivity index (χ1v) is 19.4. The largest absolute Gasteiger partial charge is 0.489 e. The first-order valence-electron chi connectivity index (χ1n) is 19.0. The predicted octanol–water partition coefficient (Wildman–Crippen LogP) is 4.72. The van der Waals surface area contributed by atoms with Gasteiger partial charge in [0.1, 0.15) is 29.7 Å². The number of aryl methyl sites for hydroxylation is 1. The normalized spacial score (nSPS) is 23.1. The molecule has 1 atom stereocenters. The van der Waals surface area contributed by atoms with Crippen LogP contribution in [-0.2, 0) is 16.0 Å². The van der Waals surface area contributed by atoms with Gasteiger partial charge in [-0.25, -0.2) is 0 Å². The Morgan fingerprint density at radius 3 is 2.34 bits per heavy atom. The maximum absolute atomic E-state index is 13.4. The topological polar surface area (TPSA) is 156 Å². The molecule has 1 saturated carbocycles. The minimum atomic E-state index is -0.971. The molecule has 1 aromatic heterocycles. The van der Waals surface area contributed by atoms with Crippen LogP contribution in [-0.4, -0.2) is 107 Å². The summed E-state index contributed by atoms with van der Waals surface area (Å²) in [5.41, 5.74) is 2.47. The molecule has 56 heavy (non-hydrogen) atoms. The lowest BCUT2D eigenvalue weighted by atomic mass is 9.49. The highest BCUT2D eigenvalue weighted by atomic mass is 35.5. The minimum Gasteiger partial charge on any atom is -0.489 e. The molecule has 3 aromatic rings. The van der Waals surface area contributed by atoms with E-state index in [0.717, 1.165) is 66.6 Å². The Morgan fingerprint density at radius 1 is 0.964 bits per heavy atom. The number of likely N-dealkylation sites (N-methyl/N-ethyl adjacent to an activating group) is 1. The average molecular weight is 780 g/mol. The summed E-state index contributed by atoms with van der Waals surface area (Å²) in [6.07, 6.45) is 3.56. The van der Waals surface area contributed by atoms with E-state index in [-0.39, 0.29) is 53.2 Å². The van der Waals surface area contributed by atoms with Gasteiger partial charge in [0.2, 0.25) is 5.91 Å². The van der Waals surface area contributed by atoms with Crippen molar-refractivity contribution in [2.45, 2.75) is 71.6 Å². The number of likely N-dealkylation sites (tertiary alicyclic amines) is 1. The number of hydrogen-bond acceptors (Lipinski definition) is 10. The monoisotopic (exact) mass is 779 g/mol. The number of carbonyl (C=O) groups is 5. The van der Waals surface area contributed by atoms with Gasteiger partial charge >= 0.3 is 0 Å². The van der Waals surface area contributed by atoms with Crippen molar-refractivity contribution in [2.24, 2.45) is 10.8 Å². The average Bonchev–Trinajstić information content (AvgIpc) is 3.43. The Bertz CT molecular complexity index is 2120. The maximum atomic E-state index is 13.4. The van der Waals surface area contributed by atoms with E-state index in [1.54, 1.807) is 42.6 Å². The Kier molecular flexibility index (Phi) is 10.4. The van der Waals surface area contributed by atoms with Gasteiger partial charge in [-0.05, 0) is 67.8 Å². The van der Waals surface area contributed by atoms with Crippen molar-refractivity contribution in [3.63, 3.8) is 0 Å². The van der Waals surface area contributed by atoms with E-state index >= 15 is 0 Å². The molecule has 4 aliphatic rings. The Hall–Kier alpha value is -5.32. The van der Waals surface area contributed by atoms with Crippen LogP contribution in [0.5, 0.6) is 5.75 Å². The lowest BCUT2D eigenvalue weighted by molar-refractivity contribution is -0.164. The molecule has 0 bridgehead atoms. The van der Waals surface area contributed by atoms with E-state index in [4.69, 9.17) is 16.3 Å². The van der Waals surface area contributed by atoms with Crippen LogP contribution in [0.4, 0.5) is 5.69 Å². The third-order valence-corrected chi connectivity index (χ3v) is 12.3. The van der Waals surface area contributed by atoms with Gasteiger partial charge in [0, 0.05) is 74.5 Å². The smallest absolute Gasteiger partial charge is 0.270 e. The van der Waals surface area contributed by atoms with E-state index in [1.165, 1.54) is 7.05 Å². The summed E-state index contributed by atoms with van der Waals surface area (Å²) in [5, 5.41) is 12.7. The fourth-order valence-electron chi connectivity index (χ4n) is 9.11. The maximum Gasteiger partial charge on any atom is 0.270 e. The fourth-order valence-corrected chi connectivity index (χ4v) is 9.32. The van der Waals surface area contributed by atoms with E-state index in [0.29, 0.717) is 27.6 Å². The van der Waals surface area contributed by atoms with Crippen LogP contribution >= 0.6 is 11.6 Å². The first kappa shape index (κ1) is 38.9. The molecular weight excluding hydrogens is 734 g/mol. The van der Waals surface area contributed by atoms with E-state index < -0.39 is 23.8 Å². The molecule has 0 spiro atoms. The lowest BCUT2D eigenvalue weighted by Gasteiger charge is -2.63. The number of nitrogens with zero attached hydrogens (tertiary/aromatic N) is 6. The number of amides is 5. The summed E-state index contributed by atoms with van der Waals surface area (Å²) in [7, 11) is 1.38. The molecule has 292 valence electrons. The summed E-state index contributed by atoms with van der Waals surface area (Å²) in [6.45, 7) is 12.4. The van der Waals surface area contributed by atoms with Crippen molar-refractivity contribution in [2.75, 3.05) is 44.7 Å². The quantitative estimate of drug-likeness (QED) is 0.286. The number of ether oxygens (including phenoxy) is 1. The summed E-state index contributed by atoms with van der Waals surface area (Å²) >= 11 is 6.23. The molecule has 14 heteroatoms. The first-order chi connectivity index (χ1) is 26.6. The molecule has 13 nitrogen and oxygen atoms in total. The molecule has 3 aliphatic heterocycles. The Morgan fingerprint density at radius 2 is 1.68 bits per heavy atom. The van der Waals surface area contributed by atoms with E-state index in [9.17, 15) is 29.2 Å². The molecular formula is C42H46ClN7O6. The molecule has 0 radical (unpaired) electrons. The van der Waals surface area contributed by atoms with Gasteiger partial charge < -0.3 is 15.0 Å². The standard InChI is InChI=1S/C42H46ClN7O6/c1-41(2)39(42(3,4)40(41)56-28-11-9-26(23-44)31(43)22-28)46-35(52)32-13-8-25(24-45-32)7-6-16-48-17-19-49(20-18-48)27-10-12-29-30(21-27)37(54)50(36(29)53)33-14-15-34(51)47(5)38(33)55/h8-13,21-22,24,33,39-40H,6-7,14-20H2,1-5H3,(H,46,52)/t33?,39-,40-. The number of fused-ring (bicyclic) bond motifs is 1. The van der Waals surface area contributed by atoms with Gasteiger partial charge in [0.05, 0.1) is 21.7 Å². The zero-order valence-electron chi connectivity index (χ0n) is 32.3. The van der Waals surface area contributed by atoms with Gasteiger partial charge in [-0.2, -0.15) is 5.26 Å². The lowest BCUT2D eigenvalue weighted by Crippen LogP contribution is -2.74. The van der Waals surface area contributed by atoms with Crippen molar-refractivity contribution in [3.05, 3.63) is 87.7 Å². The van der Waals surface area contributed by atoms with Crippen LogP contribution in [0, 0.1) is 22.2 Å². The van der Waals surface area contributed by atoms with Gasteiger partial charge in [-0.3, -0.25) is 43.7 Å². The zero-order chi connectivity index (χ0) is 40.1. The summed E-state index contributed by atoms with van der Waals surface area (Å²) in [5.74, 6) is -1.49. The number of hydrogen-bond donors (Lipinski definition) is 1. The number of aromatic nitrogens is 1. The van der Waals surface area contributed by atoms with Crippen molar-refractivity contribution in [1.29, 1.82) is 5.26 Å². The van der Waals surface area contributed by atoms with Gasteiger partial charge in [-0.1, -0.05) is 45.4 Å². The third-order valence-electron chi connectivity index (χ3n) is 12.0. The molecule has 5 amide bonds. The highest BCUT2D eigenvalue weighted by Crippen LogP contribution is 2.55. The minimum absolute atomic E-state index is 0.106.